The Balaban J connectivity index is 0.950. The van der Waals surface area contributed by atoms with Crippen molar-refractivity contribution in [3.63, 3.8) is 0 Å². The predicted molar refractivity (Wildman–Crippen MR) is 159 cm³/mol. The number of carbonyl (C=O) groups is 1. The second-order valence-electron chi connectivity index (χ2n) is 13.5. The molecule has 0 aromatic rings. The fourth-order valence-corrected chi connectivity index (χ4v) is 9.76. The van der Waals surface area contributed by atoms with E-state index in [1.54, 1.807) is 5.04 Å². The Bertz CT molecular complexity index is 749. The first kappa shape index (κ1) is 29.0. The molecule has 3 saturated carbocycles. The number of aliphatic imine (C=N–C) groups is 1. The van der Waals surface area contributed by atoms with E-state index in [1.165, 1.54) is 109 Å². The first-order valence-electron chi connectivity index (χ1n) is 16.7. The topological polar surface area (TPSA) is 47.9 Å². The molecular weight excluding hydrogens is 490 g/mol. The van der Waals surface area contributed by atoms with Gasteiger partial charge in [0, 0.05) is 17.8 Å². The summed E-state index contributed by atoms with van der Waals surface area (Å²) in [7, 11) is 0. The molecule has 0 N–H and O–H groups in total. The van der Waals surface area contributed by atoms with Crippen molar-refractivity contribution in [2.75, 3.05) is 6.61 Å². The summed E-state index contributed by atoms with van der Waals surface area (Å²) in [6.07, 6.45) is 27.4. The normalized spacial score (nSPS) is 37.6. The number of ether oxygens (including phenoxy) is 2. The van der Waals surface area contributed by atoms with Crippen LogP contribution < -0.4 is 0 Å². The van der Waals surface area contributed by atoms with E-state index in [1.807, 2.05) is 0 Å². The van der Waals surface area contributed by atoms with Crippen molar-refractivity contribution in [3.8, 4) is 0 Å². The molecule has 0 radical (unpaired) electrons. The third-order valence-corrected chi connectivity index (χ3v) is 12.0. The number of hydrogen-bond donors (Lipinski definition) is 0. The van der Waals surface area contributed by atoms with Crippen LogP contribution in [0.25, 0.3) is 0 Å². The van der Waals surface area contributed by atoms with Crippen LogP contribution in [0.2, 0.25) is 0 Å². The van der Waals surface area contributed by atoms with Crippen LogP contribution in [-0.2, 0) is 14.3 Å². The van der Waals surface area contributed by atoms with Crippen molar-refractivity contribution < 1.29 is 14.3 Å². The van der Waals surface area contributed by atoms with E-state index >= 15 is 0 Å². The van der Waals surface area contributed by atoms with Crippen LogP contribution in [0.4, 0.5) is 0 Å². The molecule has 0 spiro atoms. The van der Waals surface area contributed by atoms with E-state index in [0.717, 1.165) is 54.6 Å². The van der Waals surface area contributed by atoms with E-state index in [0.29, 0.717) is 12.6 Å². The van der Waals surface area contributed by atoms with Gasteiger partial charge in [0.05, 0.1) is 11.1 Å². The zero-order valence-electron chi connectivity index (χ0n) is 24.3. The summed E-state index contributed by atoms with van der Waals surface area (Å²) >= 11 is 2.21. The minimum atomic E-state index is -0.291. The molecule has 5 aliphatic rings. The highest BCUT2D eigenvalue weighted by Crippen LogP contribution is 2.46. The summed E-state index contributed by atoms with van der Waals surface area (Å²) in [5.74, 6) is 3.35. The van der Waals surface area contributed by atoms with Crippen molar-refractivity contribution >= 4 is 22.8 Å². The summed E-state index contributed by atoms with van der Waals surface area (Å²) in [5, 5.41) is 2.35. The lowest BCUT2D eigenvalue weighted by molar-refractivity contribution is -0.161. The average molecular weight is 546 g/mol. The van der Waals surface area contributed by atoms with Crippen molar-refractivity contribution in [2.24, 2.45) is 28.7 Å². The number of rotatable bonds is 12. The van der Waals surface area contributed by atoms with E-state index in [-0.39, 0.29) is 18.2 Å². The van der Waals surface area contributed by atoms with Gasteiger partial charge in [-0.05, 0) is 108 Å². The quantitative estimate of drug-likeness (QED) is 0.181. The van der Waals surface area contributed by atoms with Crippen molar-refractivity contribution in [3.05, 3.63) is 0 Å². The van der Waals surface area contributed by atoms with Gasteiger partial charge in [0.2, 0.25) is 0 Å². The Morgan fingerprint density at radius 1 is 0.868 bits per heavy atom. The SMILES string of the molecule is CCCCCCCCC1CCC2N=C(C3CCC(CC4CCC(OC(=O)C5CCCO5)CC4)CC3)SC2C1. The van der Waals surface area contributed by atoms with E-state index in [9.17, 15) is 4.79 Å². The third kappa shape index (κ3) is 8.24. The largest absolute Gasteiger partial charge is 0.460 e. The highest BCUT2D eigenvalue weighted by atomic mass is 32.2. The van der Waals surface area contributed by atoms with Crippen molar-refractivity contribution in [1.29, 1.82) is 0 Å². The Kier molecular flexibility index (Phi) is 11.4. The van der Waals surface area contributed by atoms with Crippen LogP contribution in [0.5, 0.6) is 0 Å². The molecule has 216 valence electrons. The van der Waals surface area contributed by atoms with Crippen molar-refractivity contribution in [1.82, 2.24) is 0 Å². The van der Waals surface area contributed by atoms with E-state index in [2.05, 4.69) is 18.7 Å². The highest BCUT2D eigenvalue weighted by Gasteiger charge is 2.39. The fourth-order valence-electron chi connectivity index (χ4n) is 8.10. The molecule has 0 aromatic carbocycles. The number of nitrogens with zero attached hydrogens (tertiary/aromatic N) is 1. The molecule has 0 amide bonds. The van der Waals surface area contributed by atoms with Gasteiger partial charge in [-0.25, -0.2) is 4.79 Å². The minimum Gasteiger partial charge on any atom is -0.460 e. The monoisotopic (exact) mass is 545 g/mol. The fraction of sp³-hybridized carbons (Fsp3) is 0.939. The average Bonchev–Trinajstić information content (AvgIpc) is 3.63. The van der Waals surface area contributed by atoms with Crippen LogP contribution in [-0.4, -0.2) is 41.1 Å². The van der Waals surface area contributed by atoms with E-state index in [4.69, 9.17) is 14.5 Å². The maximum Gasteiger partial charge on any atom is 0.335 e. The van der Waals surface area contributed by atoms with Gasteiger partial charge in [-0.15, -0.1) is 11.8 Å². The molecule has 5 rings (SSSR count). The Morgan fingerprint density at radius 2 is 1.58 bits per heavy atom. The molecule has 0 bridgehead atoms. The number of thioether (sulfide) groups is 1. The summed E-state index contributed by atoms with van der Waals surface area (Å²) in [6.45, 7) is 3.02. The second-order valence-corrected chi connectivity index (χ2v) is 14.7. The van der Waals surface area contributed by atoms with Gasteiger partial charge in [0.15, 0.2) is 6.10 Å². The molecular formula is C33H55NO3S. The molecule has 1 saturated heterocycles. The first-order chi connectivity index (χ1) is 18.7. The summed E-state index contributed by atoms with van der Waals surface area (Å²) in [5.41, 5.74) is 0. The minimum absolute atomic E-state index is 0.106. The number of esters is 1. The predicted octanol–water partition coefficient (Wildman–Crippen LogP) is 8.90. The van der Waals surface area contributed by atoms with Gasteiger partial charge >= 0.3 is 5.97 Å². The van der Waals surface area contributed by atoms with Gasteiger partial charge in [-0.3, -0.25) is 4.99 Å². The Labute approximate surface area is 237 Å². The van der Waals surface area contributed by atoms with Gasteiger partial charge in [-0.1, -0.05) is 51.9 Å². The van der Waals surface area contributed by atoms with Crippen LogP contribution in [0.3, 0.4) is 0 Å². The molecule has 4 atom stereocenters. The molecule has 4 unspecified atom stereocenters. The molecule has 4 fully saturated rings. The highest BCUT2D eigenvalue weighted by molar-refractivity contribution is 8.14. The lowest BCUT2D eigenvalue weighted by Gasteiger charge is -2.34. The van der Waals surface area contributed by atoms with Gasteiger partial charge in [0.25, 0.3) is 0 Å². The number of fused-ring (bicyclic) bond motifs is 1. The number of unbranched alkanes of at least 4 members (excludes halogenated alkanes) is 5. The van der Waals surface area contributed by atoms with Crippen LogP contribution in [0, 0.1) is 23.7 Å². The van der Waals surface area contributed by atoms with Crippen LogP contribution >= 0.6 is 11.8 Å². The van der Waals surface area contributed by atoms with Crippen molar-refractivity contribution in [2.45, 2.75) is 165 Å². The molecule has 2 heterocycles. The summed E-state index contributed by atoms with van der Waals surface area (Å²) < 4.78 is 11.3. The van der Waals surface area contributed by atoms with Crippen LogP contribution in [0.1, 0.15) is 142 Å². The zero-order chi connectivity index (χ0) is 26.2. The number of carbonyl (C=O) groups excluding carboxylic acids is 1. The molecule has 2 aliphatic heterocycles. The second kappa shape index (κ2) is 14.9. The summed E-state index contributed by atoms with van der Waals surface area (Å²) in [4.78, 5) is 17.6. The molecule has 3 aliphatic carbocycles. The Hall–Kier alpha value is -0.550. The summed E-state index contributed by atoms with van der Waals surface area (Å²) in [6, 6.07) is 0.637. The van der Waals surface area contributed by atoms with Gasteiger partial charge < -0.3 is 9.47 Å². The van der Waals surface area contributed by atoms with Crippen LogP contribution in [0.15, 0.2) is 4.99 Å². The lowest BCUT2D eigenvalue weighted by Crippen LogP contribution is -2.31. The maximum absolute atomic E-state index is 12.3. The third-order valence-electron chi connectivity index (χ3n) is 10.5. The standard InChI is InChI=1S/C33H55NO3S/c1-2-3-4-5-6-7-9-24-15-20-29-31(23-24)38-32(34-29)27-16-11-25(12-17-27)22-26-13-18-28(19-14-26)37-33(35)30-10-8-21-36-30/h24-31H,2-23H2,1H3. The molecule has 0 aromatic heterocycles. The lowest BCUT2D eigenvalue weighted by atomic mass is 9.75. The molecule has 5 heteroatoms. The smallest absolute Gasteiger partial charge is 0.335 e. The number of hydrogen-bond acceptors (Lipinski definition) is 5. The Morgan fingerprint density at radius 3 is 2.32 bits per heavy atom. The first-order valence-corrected chi connectivity index (χ1v) is 17.6. The maximum atomic E-state index is 12.3. The molecule has 38 heavy (non-hydrogen) atoms. The van der Waals surface area contributed by atoms with Gasteiger partial charge in [0.1, 0.15) is 6.10 Å². The zero-order valence-corrected chi connectivity index (χ0v) is 25.1. The molecule has 4 nitrogen and oxygen atoms in total. The van der Waals surface area contributed by atoms with Gasteiger partial charge in [-0.2, -0.15) is 0 Å². The van der Waals surface area contributed by atoms with E-state index < -0.39 is 0 Å².